The van der Waals surface area contributed by atoms with E-state index in [0.29, 0.717) is 25.7 Å². The Hall–Kier alpha value is 0.160. The van der Waals surface area contributed by atoms with Crippen LogP contribution in [0.5, 0.6) is 0 Å². The summed E-state index contributed by atoms with van der Waals surface area (Å²) in [6.45, 7) is 1.49. The van der Waals surface area contributed by atoms with E-state index in [1.54, 1.807) is 7.11 Å². The average Bonchev–Trinajstić information content (AvgIpc) is 2.91. The molecule has 15 heavy (non-hydrogen) atoms. The lowest BCUT2D eigenvalue weighted by Crippen LogP contribution is -2.21. The first-order chi connectivity index (χ1) is 7.03. The molecule has 6 heteroatoms. The lowest BCUT2D eigenvalue weighted by atomic mass is 10.1. The topological polar surface area (TPSA) is 52.6 Å². The van der Waals surface area contributed by atoms with Crippen molar-refractivity contribution < 1.29 is 17.9 Å². The first kappa shape index (κ1) is 13.2. The third kappa shape index (κ3) is 6.35. The molecule has 1 aliphatic carbocycles. The van der Waals surface area contributed by atoms with Crippen LogP contribution in [-0.4, -0.2) is 41.1 Å². The maximum absolute atomic E-state index is 10.9. The van der Waals surface area contributed by atoms with Crippen molar-refractivity contribution in [3.63, 3.8) is 0 Å². The van der Waals surface area contributed by atoms with Gasteiger partial charge in [-0.15, -0.1) is 0 Å². The summed E-state index contributed by atoms with van der Waals surface area (Å²) in [4.78, 5) is 0. The maximum atomic E-state index is 10.9. The molecule has 0 heterocycles. The molecule has 0 N–H and O–H groups in total. The SMILES string of the molecule is COCCOCC(CS(=O)(=O)Cl)C1CC1. The first-order valence-electron chi connectivity index (χ1n) is 5.02. The van der Waals surface area contributed by atoms with Crippen molar-refractivity contribution in [3.8, 4) is 0 Å². The molecule has 1 atom stereocenters. The lowest BCUT2D eigenvalue weighted by Gasteiger charge is -2.14. The Kier molecular flexibility index (Phi) is 5.32. The Morgan fingerprint density at radius 1 is 1.40 bits per heavy atom. The van der Waals surface area contributed by atoms with Crippen LogP contribution in [0.2, 0.25) is 0 Å². The summed E-state index contributed by atoms with van der Waals surface area (Å²) in [7, 11) is 3.42. The van der Waals surface area contributed by atoms with Crippen molar-refractivity contribution in [2.45, 2.75) is 12.8 Å². The molecule has 1 aliphatic rings. The van der Waals surface area contributed by atoms with E-state index >= 15 is 0 Å². The van der Waals surface area contributed by atoms with Gasteiger partial charge < -0.3 is 9.47 Å². The molecule has 4 nitrogen and oxygen atoms in total. The van der Waals surface area contributed by atoms with Crippen LogP contribution in [0.3, 0.4) is 0 Å². The minimum absolute atomic E-state index is 0.0200. The Labute approximate surface area is 95.3 Å². The lowest BCUT2D eigenvalue weighted by molar-refractivity contribution is 0.0512. The van der Waals surface area contributed by atoms with Gasteiger partial charge in [0.2, 0.25) is 9.05 Å². The third-order valence-electron chi connectivity index (χ3n) is 2.47. The van der Waals surface area contributed by atoms with Crippen molar-refractivity contribution in [1.82, 2.24) is 0 Å². The van der Waals surface area contributed by atoms with Crippen LogP contribution in [0, 0.1) is 11.8 Å². The number of halogens is 1. The molecule has 1 fully saturated rings. The summed E-state index contributed by atoms with van der Waals surface area (Å²) < 4.78 is 32.1. The molecule has 0 aromatic carbocycles. The number of ether oxygens (including phenoxy) is 2. The van der Waals surface area contributed by atoms with E-state index in [-0.39, 0.29) is 11.7 Å². The number of hydrogen-bond acceptors (Lipinski definition) is 4. The highest BCUT2D eigenvalue weighted by atomic mass is 35.7. The van der Waals surface area contributed by atoms with Gasteiger partial charge in [0.1, 0.15) is 0 Å². The third-order valence-corrected chi connectivity index (χ3v) is 3.67. The van der Waals surface area contributed by atoms with E-state index in [0.717, 1.165) is 12.8 Å². The summed E-state index contributed by atoms with van der Waals surface area (Å²) in [6.07, 6.45) is 2.18. The van der Waals surface area contributed by atoms with E-state index in [1.165, 1.54) is 0 Å². The van der Waals surface area contributed by atoms with E-state index in [4.69, 9.17) is 20.2 Å². The van der Waals surface area contributed by atoms with E-state index in [2.05, 4.69) is 0 Å². The van der Waals surface area contributed by atoms with Gasteiger partial charge >= 0.3 is 0 Å². The highest BCUT2D eigenvalue weighted by Gasteiger charge is 2.33. The monoisotopic (exact) mass is 256 g/mol. The van der Waals surface area contributed by atoms with Gasteiger partial charge in [-0.3, -0.25) is 0 Å². The second kappa shape index (κ2) is 6.03. The summed E-state index contributed by atoms with van der Waals surface area (Å²) >= 11 is 0. The zero-order valence-electron chi connectivity index (χ0n) is 8.82. The fourth-order valence-corrected chi connectivity index (χ4v) is 2.89. The molecule has 0 saturated heterocycles. The second-order valence-electron chi connectivity index (χ2n) is 3.87. The Morgan fingerprint density at radius 2 is 2.07 bits per heavy atom. The Bertz CT molecular complexity index is 274. The van der Waals surface area contributed by atoms with Gasteiger partial charge in [-0.05, 0) is 18.8 Å². The molecule has 1 rings (SSSR count). The smallest absolute Gasteiger partial charge is 0.232 e. The normalized spacial score (nSPS) is 19.1. The molecule has 90 valence electrons. The van der Waals surface area contributed by atoms with Crippen molar-refractivity contribution in [2.75, 3.05) is 32.7 Å². The minimum atomic E-state index is -3.41. The van der Waals surface area contributed by atoms with Gasteiger partial charge in [0.05, 0.1) is 25.6 Å². The van der Waals surface area contributed by atoms with Crippen LogP contribution in [0.4, 0.5) is 0 Å². The molecule has 0 bridgehead atoms. The zero-order valence-corrected chi connectivity index (χ0v) is 10.4. The average molecular weight is 257 g/mol. The molecule has 0 aromatic rings. The molecule has 1 unspecified atom stereocenters. The molecule has 0 radical (unpaired) electrons. The van der Waals surface area contributed by atoms with Gasteiger partial charge in [-0.2, -0.15) is 0 Å². The van der Waals surface area contributed by atoms with Crippen LogP contribution in [-0.2, 0) is 18.5 Å². The first-order valence-corrected chi connectivity index (χ1v) is 7.50. The van der Waals surface area contributed by atoms with Crippen molar-refractivity contribution in [1.29, 1.82) is 0 Å². The molecule has 0 amide bonds. The number of methoxy groups -OCH3 is 1. The minimum Gasteiger partial charge on any atom is -0.382 e. The summed E-state index contributed by atoms with van der Waals surface area (Å²) in [5.41, 5.74) is 0. The highest BCUT2D eigenvalue weighted by Crippen LogP contribution is 2.38. The summed E-state index contributed by atoms with van der Waals surface area (Å²) in [6, 6.07) is 0. The fraction of sp³-hybridized carbons (Fsp3) is 1.00. The fourth-order valence-electron chi connectivity index (χ4n) is 1.52. The predicted octanol–water partition coefficient (Wildman–Crippen LogP) is 1.24. The van der Waals surface area contributed by atoms with Gasteiger partial charge in [-0.1, -0.05) is 0 Å². The van der Waals surface area contributed by atoms with Crippen LogP contribution >= 0.6 is 10.7 Å². The van der Waals surface area contributed by atoms with Crippen LogP contribution in [0.15, 0.2) is 0 Å². The largest absolute Gasteiger partial charge is 0.382 e. The van der Waals surface area contributed by atoms with Crippen LogP contribution in [0.1, 0.15) is 12.8 Å². The van der Waals surface area contributed by atoms with Crippen molar-refractivity contribution in [3.05, 3.63) is 0 Å². The van der Waals surface area contributed by atoms with E-state index < -0.39 is 9.05 Å². The molecular formula is C9H17ClO4S. The quantitative estimate of drug-likeness (QED) is 0.484. The molecule has 1 saturated carbocycles. The molecular weight excluding hydrogens is 240 g/mol. The zero-order chi connectivity index (χ0) is 11.3. The Morgan fingerprint density at radius 3 is 2.53 bits per heavy atom. The summed E-state index contributed by atoms with van der Waals surface area (Å²) in [5.74, 6) is 0.539. The molecule has 0 aliphatic heterocycles. The predicted molar refractivity (Wildman–Crippen MR) is 58.5 cm³/mol. The van der Waals surface area contributed by atoms with Crippen molar-refractivity contribution in [2.24, 2.45) is 11.8 Å². The highest BCUT2D eigenvalue weighted by molar-refractivity contribution is 8.13. The van der Waals surface area contributed by atoms with Crippen LogP contribution < -0.4 is 0 Å². The second-order valence-corrected chi connectivity index (χ2v) is 6.69. The van der Waals surface area contributed by atoms with Gasteiger partial charge in [0, 0.05) is 23.7 Å². The Balaban J connectivity index is 2.25. The van der Waals surface area contributed by atoms with E-state index in [9.17, 15) is 8.42 Å². The summed E-state index contributed by atoms with van der Waals surface area (Å²) in [5, 5.41) is 0. The van der Waals surface area contributed by atoms with Gasteiger partial charge in [0.15, 0.2) is 0 Å². The standard InChI is InChI=1S/C9H17ClO4S/c1-13-4-5-14-6-9(8-2-3-8)7-15(10,11)12/h8-9H,2-7H2,1H3. The number of rotatable bonds is 8. The molecule has 0 aromatic heterocycles. The maximum Gasteiger partial charge on any atom is 0.232 e. The van der Waals surface area contributed by atoms with Crippen LogP contribution in [0.25, 0.3) is 0 Å². The van der Waals surface area contributed by atoms with Gasteiger partial charge in [0.25, 0.3) is 0 Å². The van der Waals surface area contributed by atoms with E-state index in [1.807, 2.05) is 0 Å². The molecule has 0 spiro atoms. The van der Waals surface area contributed by atoms with Crippen molar-refractivity contribution >= 4 is 19.7 Å². The van der Waals surface area contributed by atoms with Gasteiger partial charge in [-0.25, -0.2) is 8.42 Å². The number of hydrogen-bond donors (Lipinski definition) is 0.